The van der Waals surface area contributed by atoms with Gasteiger partial charge in [-0.3, -0.25) is 4.79 Å². The Labute approximate surface area is 93.4 Å². The quantitative estimate of drug-likeness (QED) is 0.671. The number of hydrogen-bond donors (Lipinski definition) is 0. The van der Waals surface area contributed by atoms with Crippen LogP contribution >= 0.6 is 0 Å². The monoisotopic (exact) mass is 212 g/mol. The molecule has 1 aliphatic rings. The Morgan fingerprint density at radius 3 is 2.13 bits per heavy atom. The molecule has 0 unspecified atom stereocenters. The summed E-state index contributed by atoms with van der Waals surface area (Å²) in [4.78, 5) is 11.9. The smallest absolute Gasteiger partial charge is 0.161 e. The van der Waals surface area contributed by atoms with Crippen LogP contribution in [-0.2, 0) is 9.53 Å². The molecule has 0 heterocycles. The molecule has 2 heteroatoms. The molecule has 1 fully saturated rings. The lowest BCUT2D eigenvalue weighted by molar-refractivity contribution is -0.132. The van der Waals surface area contributed by atoms with Gasteiger partial charge in [0.05, 0.1) is 5.60 Å². The Morgan fingerprint density at radius 1 is 1.13 bits per heavy atom. The van der Waals surface area contributed by atoms with E-state index < -0.39 is 0 Å². The van der Waals surface area contributed by atoms with Gasteiger partial charge < -0.3 is 4.74 Å². The van der Waals surface area contributed by atoms with Crippen LogP contribution in [0, 0.1) is 5.92 Å². The molecule has 0 aromatic heterocycles. The number of rotatable bonds is 3. The molecule has 1 saturated carbocycles. The molecule has 0 amide bonds. The Kier molecular flexibility index (Phi) is 4.78. The topological polar surface area (TPSA) is 26.3 Å². The fraction of sp³-hybridized carbons (Fsp3) is 0.923. The zero-order valence-electron chi connectivity index (χ0n) is 10.3. The molecular formula is C13H24O2. The molecule has 88 valence electrons. The number of ether oxygens (including phenoxy) is 1. The van der Waals surface area contributed by atoms with Crippen molar-refractivity contribution in [1.29, 1.82) is 0 Å². The van der Waals surface area contributed by atoms with E-state index in [4.69, 9.17) is 4.74 Å². The summed E-state index contributed by atoms with van der Waals surface area (Å²) in [5, 5.41) is 0. The van der Waals surface area contributed by atoms with E-state index in [1.165, 1.54) is 25.7 Å². The molecule has 1 rings (SSSR count). The van der Waals surface area contributed by atoms with Crippen LogP contribution in [0.2, 0.25) is 0 Å². The number of carbonyl (C=O) groups excluding carboxylic acids is 1. The highest BCUT2D eigenvalue weighted by molar-refractivity contribution is 5.82. The van der Waals surface area contributed by atoms with Crippen molar-refractivity contribution in [3.8, 4) is 0 Å². The Hall–Kier alpha value is -0.370. The first-order valence-electron chi connectivity index (χ1n) is 6.16. The maximum absolute atomic E-state index is 11.9. The van der Waals surface area contributed by atoms with E-state index in [9.17, 15) is 4.79 Å². The predicted octanol–water partition coefficient (Wildman–Crippen LogP) is 3.34. The molecule has 0 saturated heterocycles. The highest BCUT2D eigenvalue weighted by atomic mass is 16.5. The van der Waals surface area contributed by atoms with E-state index in [0.29, 0.717) is 12.4 Å². The van der Waals surface area contributed by atoms with Crippen LogP contribution in [0.4, 0.5) is 0 Å². The molecular weight excluding hydrogens is 188 g/mol. The summed E-state index contributed by atoms with van der Waals surface area (Å²) in [7, 11) is 0. The van der Waals surface area contributed by atoms with Gasteiger partial charge >= 0.3 is 0 Å². The lowest BCUT2D eigenvalue weighted by Crippen LogP contribution is -2.27. The van der Waals surface area contributed by atoms with Crippen molar-refractivity contribution in [3.05, 3.63) is 0 Å². The first-order valence-corrected chi connectivity index (χ1v) is 6.16. The van der Waals surface area contributed by atoms with Crippen molar-refractivity contribution >= 4 is 5.78 Å². The van der Waals surface area contributed by atoms with Gasteiger partial charge in [-0.2, -0.15) is 0 Å². The maximum atomic E-state index is 11.9. The van der Waals surface area contributed by atoms with Gasteiger partial charge in [-0.05, 0) is 33.6 Å². The third kappa shape index (κ3) is 5.31. The van der Waals surface area contributed by atoms with Gasteiger partial charge in [-0.15, -0.1) is 0 Å². The highest BCUT2D eigenvalue weighted by Crippen LogP contribution is 2.24. The summed E-state index contributed by atoms with van der Waals surface area (Å²) in [6.07, 6.45) is 7.17. The molecule has 2 nitrogen and oxygen atoms in total. The number of carbonyl (C=O) groups is 1. The number of Topliss-reactive ketones (excluding diaryl/α,β-unsaturated/α-hetero) is 1. The van der Waals surface area contributed by atoms with Gasteiger partial charge in [0.1, 0.15) is 6.61 Å². The van der Waals surface area contributed by atoms with Gasteiger partial charge in [0, 0.05) is 5.92 Å². The SMILES string of the molecule is CC(C)(C)OCC(=O)C1CCCCCC1. The Morgan fingerprint density at radius 2 is 1.67 bits per heavy atom. The first-order chi connectivity index (χ1) is 6.99. The summed E-state index contributed by atoms with van der Waals surface area (Å²) >= 11 is 0. The van der Waals surface area contributed by atoms with Crippen molar-refractivity contribution in [2.75, 3.05) is 6.61 Å². The fourth-order valence-electron chi connectivity index (χ4n) is 2.01. The van der Waals surface area contributed by atoms with Crippen molar-refractivity contribution in [3.63, 3.8) is 0 Å². The van der Waals surface area contributed by atoms with Crippen LogP contribution in [-0.4, -0.2) is 18.0 Å². The molecule has 0 aromatic carbocycles. The van der Waals surface area contributed by atoms with E-state index in [0.717, 1.165) is 12.8 Å². The van der Waals surface area contributed by atoms with Crippen LogP contribution in [0.5, 0.6) is 0 Å². The van der Waals surface area contributed by atoms with E-state index in [-0.39, 0.29) is 11.5 Å². The lowest BCUT2D eigenvalue weighted by Gasteiger charge is -2.21. The molecule has 1 aliphatic carbocycles. The zero-order chi connectivity index (χ0) is 11.3. The molecule has 0 bridgehead atoms. The Balaban J connectivity index is 2.32. The van der Waals surface area contributed by atoms with Crippen molar-refractivity contribution in [2.24, 2.45) is 5.92 Å². The highest BCUT2D eigenvalue weighted by Gasteiger charge is 2.21. The van der Waals surface area contributed by atoms with E-state index in [2.05, 4.69) is 0 Å². The zero-order valence-corrected chi connectivity index (χ0v) is 10.3. The molecule has 0 radical (unpaired) electrons. The van der Waals surface area contributed by atoms with Crippen LogP contribution in [0.15, 0.2) is 0 Å². The summed E-state index contributed by atoms with van der Waals surface area (Å²) in [5.74, 6) is 0.585. The van der Waals surface area contributed by atoms with Gasteiger partial charge in [-0.1, -0.05) is 25.7 Å². The van der Waals surface area contributed by atoms with E-state index in [1.807, 2.05) is 20.8 Å². The van der Waals surface area contributed by atoms with Crippen molar-refractivity contribution < 1.29 is 9.53 Å². The molecule has 0 N–H and O–H groups in total. The van der Waals surface area contributed by atoms with Gasteiger partial charge in [0.15, 0.2) is 5.78 Å². The predicted molar refractivity (Wildman–Crippen MR) is 61.9 cm³/mol. The standard InChI is InChI=1S/C13H24O2/c1-13(2,3)15-10-12(14)11-8-6-4-5-7-9-11/h11H,4-10H2,1-3H3. The maximum Gasteiger partial charge on any atom is 0.161 e. The van der Waals surface area contributed by atoms with Crippen LogP contribution in [0.25, 0.3) is 0 Å². The van der Waals surface area contributed by atoms with Crippen molar-refractivity contribution in [2.45, 2.75) is 64.9 Å². The third-order valence-corrected chi connectivity index (χ3v) is 2.96. The molecule has 0 aliphatic heterocycles. The fourth-order valence-corrected chi connectivity index (χ4v) is 2.01. The molecule has 0 aromatic rings. The van der Waals surface area contributed by atoms with Gasteiger partial charge in [0.2, 0.25) is 0 Å². The minimum Gasteiger partial charge on any atom is -0.368 e. The molecule has 15 heavy (non-hydrogen) atoms. The first kappa shape index (κ1) is 12.7. The summed E-state index contributed by atoms with van der Waals surface area (Å²) in [5.41, 5.74) is -0.194. The second-order valence-electron chi connectivity index (χ2n) is 5.56. The number of hydrogen-bond acceptors (Lipinski definition) is 2. The van der Waals surface area contributed by atoms with Gasteiger partial charge in [-0.25, -0.2) is 0 Å². The molecule has 0 spiro atoms. The third-order valence-electron chi connectivity index (χ3n) is 2.96. The normalized spacial score (nSPS) is 19.9. The Bertz CT molecular complexity index is 195. The second kappa shape index (κ2) is 5.64. The summed E-state index contributed by atoms with van der Waals surface area (Å²) in [6, 6.07) is 0. The van der Waals surface area contributed by atoms with Crippen LogP contribution < -0.4 is 0 Å². The summed E-state index contributed by atoms with van der Waals surface area (Å²) in [6.45, 7) is 6.28. The summed E-state index contributed by atoms with van der Waals surface area (Å²) < 4.78 is 5.54. The average Bonchev–Trinajstić information content (AvgIpc) is 2.41. The van der Waals surface area contributed by atoms with Gasteiger partial charge in [0.25, 0.3) is 0 Å². The molecule has 0 atom stereocenters. The minimum atomic E-state index is -0.194. The minimum absolute atomic E-state index is 0.194. The number of ketones is 1. The van der Waals surface area contributed by atoms with E-state index in [1.54, 1.807) is 0 Å². The van der Waals surface area contributed by atoms with Crippen molar-refractivity contribution in [1.82, 2.24) is 0 Å². The largest absolute Gasteiger partial charge is 0.368 e. The second-order valence-corrected chi connectivity index (χ2v) is 5.56. The van der Waals surface area contributed by atoms with E-state index >= 15 is 0 Å². The van der Waals surface area contributed by atoms with Crippen LogP contribution in [0.1, 0.15) is 59.3 Å². The average molecular weight is 212 g/mol. The van der Waals surface area contributed by atoms with Crippen LogP contribution in [0.3, 0.4) is 0 Å². The lowest BCUT2D eigenvalue weighted by atomic mass is 9.96.